The van der Waals surface area contributed by atoms with Gasteiger partial charge in [-0.25, -0.2) is 0 Å². The summed E-state index contributed by atoms with van der Waals surface area (Å²) < 4.78 is 5.95. The van der Waals surface area contributed by atoms with Gasteiger partial charge in [-0.2, -0.15) is 0 Å². The number of fused-ring (bicyclic) bond motifs is 1. The highest BCUT2D eigenvalue weighted by Gasteiger charge is 2.61. The monoisotopic (exact) mass is 296 g/mol. The summed E-state index contributed by atoms with van der Waals surface area (Å²) in [5.41, 5.74) is -0.615. The second-order valence-corrected chi connectivity index (χ2v) is 8.68. The van der Waals surface area contributed by atoms with Gasteiger partial charge in [-0.15, -0.1) is 0 Å². The fraction of sp³-hybridized carbons (Fsp3) is 0.944. The Morgan fingerprint density at radius 3 is 2.52 bits per heavy atom. The quantitative estimate of drug-likeness (QED) is 0.862. The van der Waals surface area contributed by atoms with Crippen LogP contribution in [0.1, 0.15) is 67.2 Å². The van der Waals surface area contributed by atoms with E-state index in [9.17, 15) is 9.90 Å². The predicted molar refractivity (Wildman–Crippen MR) is 84.1 cm³/mol. The van der Waals surface area contributed by atoms with Crippen LogP contribution in [-0.4, -0.2) is 29.2 Å². The Balaban J connectivity index is 2.16. The third-order valence-electron chi connectivity index (χ3n) is 6.43. The number of ketones is 1. The van der Waals surface area contributed by atoms with E-state index in [0.717, 1.165) is 25.7 Å². The smallest absolute Gasteiger partial charge is 0.136 e. The molecule has 3 heteroatoms. The maximum absolute atomic E-state index is 12.4. The molecule has 0 aromatic carbocycles. The van der Waals surface area contributed by atoms with Gasteiger partial charge in [-0.05, 0) is 56.8 Å². The molecule has 2 aliphatic rings. The molecular weight excluding hydrogens is 264 g/mol. The van der Waals surface area contributed by atoms with Crippen LogP contribution in [0.25, 0.3) is 0 Å². The van der Waals surface area contributed by atoms with E-state index in [1.165, 1.54) is 0 Å². The molecule has 2 aliphatic carbocycles. The molecule has 2 saturated carbocycles. The van der Waals surface area contributed by atoms with Crippen LogP contribution >= 0.6 is 0 Å². The Kier molecular flexibility index (Phi) is 4.31. The van der Waals surface area contributed by atoms with Gasteiger partial charge in [0.1, 0.15) is 5.78 Å². The molecule has 4 unspecified atom stereocenters. The molecule has 3 nitrogen and oxygen atoms in total. The van der Waals surface area contributed by atoms with Crippen LogP contribution in [0.5, 0.6) is 0 Å². The number of ether oxygens (including phenoxy) is 1. The number of aliphatic hydroxyl groups is 1. The third kappa shape index (κ3) is 2.92. The molecule has 2 rings (SSSR count). The van der Waals surface area contributed by atoms with Gasteiger partial charge in [-0.1, -0.05) is 20.8 Å². The van der Waals surface area contributed by atoms with Crippen LogP contribution in [0.2, 0.25) is 0 Å². The van der Waals surface area contributed by atoms with Gasteiger partial charge < -0.3 is 9.84 Å². The van der Waals surface area contributed by atoms with Crippen molar-refractivity contribution >= 4 is 5.78 Å². The van der Waals surface area contributed by atoms with E-state index < -0.39 is 5.60 Å². The minimum Gasteiger partial charge on any atom is -0.388 e. The molecule has 0 saturated heterocycles. The van der Waals surface area contributed by atoms with Crippen molar-refractivity contribution in [1.82, 2.24) is 0 Å². The molecule has 0 radical (unpaired) electrons. The Bertz CT molecular complexity index is 407. The molecule has 4 atom stereocenters. The number of hydrogen-bond donors (Lipinski definition) is 1. The van der Waals surface area contributed by atoms with E-state index in [-0.39, 0.29) is 22.9 Å². The third-order valence-corrected chi connectivity index (χ3v) is 6.43. The molecule has 1 N–H and O–H groups in total. The standard InChI is InChI=1S/C18H32O3/c1-12(21-11-16(2,3)20)13-10-14-15(19)8-7-9-18(14,6)17(13,4)5/h12-14,20H,7-11H2,1-6H3. The topological polar surface area (TPSA) is 46.5 Å². The molecule has 0 bridgehead atoms. The predicted octanol–water partition coefficient (Wildman–Crippen LogP) is 3.58. The average Bonchev–Trinajstić information content (AvgIpc) is 2.55. The molecule has 2 fully saturated rings. The van der Waals surface area contributed by atoms with Gasteiger partial charge in [0, 0.05) is 12.3 Å². The molecular formula is C18H32O3. The first-order valence-corrected chi connectivity index (χ1v) is 8.36. The van der Waals surface area contributed by atoms with Crippen molar-refractivity contribution in [3.8, 4) is 0 Å². The lowest BCUT2D eigenvalue weighted by molar-refractivity contribution is -0.131. The van der Waals surface area contributed by atoms with Crippen molar-refractivity contribution in [1.29, 1.82) is 0 Å². The zero-order valence-electron chi connectivity index (χ0n) is 14.5. The number of rotatable bonds is 4. The second-order valence-electron chi connectivity index (χ2n) is 8.68. The molecule has 0 spiro atoms. The van der Waals surface area contributed by atoms with Crippen LogP contribution in [0.3, 0.4) is 0 Å². The van der Waals surface area contributed by atoms with Gasteiger partial charge in [0.25, 0.3) is 0 Å². The minimum atomic E-state index is -0.802. The van der Waals surface area contributed by atoms with Crippen molar-refractivity contribution in [2.45, 2.75) is 78.9 Å². The summed E-state index contributed by atoms with van der Waals surface area (Å²) in [4.78, 5) is 12.4. The van der Waals surface area contributed by atoms with Crippen LogP contribution in [0.4, 0.5) is 0 Å². The van der Waals surface area contributed by atoms with Crippen molar-refractivity contribution < 1.29 is 14.6 Å². The second kappa shape index (κ2) is 5.34. The Labute approximate surface area is 129 Å². The zero-order chi connectivity index (χ0) is 16.1. The molecule has 21 heavy (non-hydrogen) atoms. The zero-order valence-corrected chi connectivity index (χ0v) is 14.5. The normalized spacial score (nSPS) is 37.4. The SMILES string of the molecule is CC(OCC(C)(C)O)C1CC2C(=O)CCCC2(C)C1(C)C. The van der Waals surface area contributed by atoms with Gasteiger partial charge >= 0.3 is 0 Å². The summed E-state index contributed by atoms with van der Waals surface area (Å²) >= 11 is 0. The van der Waals surface area contributed by atoms with Gasteiger partial charge in [0.15, 0.2) is 0 Å². The minimum absolute atomic E-state index is 0.0710. The summed E-state index contributed by atoms with van der Waals surface area (Å²) in [5, 5.41) is 9.86. The lowest BCUT2D eigenvalue weighted by atomic mass is 9.57. The molecule has 0 amide bonds. The summed E-state index contributed by atoms with van der Waals surface area (Å²) in [6.07, 6.45) is 3.94. The average molecular weight is 296 g/mol. The van der Waals surface area contributed by atoms with Gasteiger partial charge in [0.05, 0.1) is 18.3 Å². The first-order chi connectivity index (χ1) is 9.49. The summed E-state index contributed by atoms with van der Waals surface area (Å²) in [5.74, 6) is 1.02. The van der Waals surface area contributed by atoms with Crippen molar-refractivity contribution in [2.24, 2.45) is 22.7 Å². The summed E-state index contributed by atoms with van der Waals surface area (Å²) in [6.45, 7) is 12.9. The maximum atomic E-state index is 12.4. The first-order valence-electron chi connectivity index (χ1n) is 8.36. The van der Waals surface area contributed by atoms with Crippen LogP contribution < -0.4 is 0 Å². The van der Waals surface area contributed by atoms with Crippen LogP contribution in [0, 0.1) is 22.7 Å². The van der Waals surface area contributed by atoms with Crippen LogP contribution in [-0.2, 0) is 9.53 Å². The number of hydrogen-bond acceptors (Lipinski definition) is 3. The Hall–Kier alpha value is -0.410. The maximum Gasteiger partial charge on any atom is 0.136 e. The first kappa shape index (κ1) is 17.0. The lowest BCUT2D eigenvalue weighted by Gasteiger charge is -2.47. The van der Waals surface area contributed by atoms with E-state index in [1.54, 1.807) is 13.8 Å². The molecule has 0 aromatic rings. The van der Waals surface area contributed by atoms with Crippen molar-refractivity contribution in [3.63, 3.8) is 0 Å². The summed E-state index contributed by atoms with van der Waals surface area (Å²) in [6, 6.07) is 0. The highest BCUT2D eigenvalue weighted by molar-refractivity contribution is 5.83. The van der Waals surface area contributed by atoms with Crippen molar-refractivity contribution in [3.05, 3.63) is 0 Å². The van der Waals surface area contributed by atoms with E-state index in [0.29, 0.717) is 18.3 Å². The van der Waals surface area contributed by atoms with Crippen LogP contribution in [0.15, 0.2) is 0 Å². The highest BCUT2D eigenvalue weighted by Crippen LogP contribution is 2.64. The van der Waals surface area contributed by atoms with E-state index in [1.807, 2.05) is 0 Å². The molecule has 122 valence electrons. The van der Waals surface area contributed by atoms with E-state index >= 15 is 0 Å². The largest absolute Gasteiger partial charge is 0.388 e. The fourth-order valence-corrected chi connectivity index (χ4v) is 4.70. The number of carbonyl (C=O) groups excluding carboxylic acids is 1. The van der Waals surface area contributed by atoms with E-state index in [4.69, 9.17) is 4.74 Å². The number of Topliss-reactive ketones (excluding diaryl/α,β-unsaturated/α-hetero) is 1. The Morgan fingerprint density at radius 2 is 2.00 bits per heavy atom. The van der Waals surface area contributed by atoms with Gasteiger partial charge in [-0.3, -0.25) is 4.79 Å². The Morgan fingerprint density at radius 1 is 1.38 bits per heavy atom. The van der Waals surface area contributed by atoms with E-state index in [2.05, 4.69) is 27.7 Å². The van der Waals surface area contributed by atoms with Crippen molar-refractivity contribution in [2.75, 3.05) is 6.61 Å². The molecule has 0 aliphatic heterocycles. The fourth-order valence-electron chi connectivity index (χ4n) is 4.70. The van der Waals surface area contributed by atoms with Gasteiger partial charge in [0.2, 0.25) is 0 Å². The number of carbonyl (C=O) groups is 1. The highest BCUT2D eigenvalue weighted by atomic mass is 16.5. The molecule has 0 aromatic heterocycles. The lowest BCUT2D eigenvalue weighted by Crippen LogP contribution is -2.44. The summed E-state index contributed by atoms with van der Waals surface area (Å²) in [7, 11) is 0. The molecule has 0 heterocycles.